The normalized spacial score (nSPS) is 16.8. The number of rotatable bonds is 2. The smallest absolute Gasteiger partial charge is 0.229 e. The van der Waals surface area contributed by atoms with Crippen molar-refractivity contribution in [1.82, 2.24) is 0 Å². The van der Waals surface area contributed by atoms with Crippen LogP contribution in [0.1, 0.15) is 11.1 Å². The number of para-hydroxylation sites is 1. The van der Waals surface area contributed by atoms with E-state index in [1.807, 2.05) is 31.2 Å². The Labute approximate surface area is 123 Å². The summed E-state index contributed by atoms with van der Waals surface area (Å²) in [5, 5.41) is 6.10. The van der Waals surface area contributed by atoms with E-state index in [4.69, 9.17) is 0 Å². The van der Waals surface area contributed by atoms with Gasteiger partial charge in [0.05, 0.1) is 5.92 Å². The number of hydrogen-bond donors (Lipinski definition) is 2. The molecule has 0 aliphatic carbocycles. The van der Waals surface area contributed by atoms with Crippen LogP contribution in [-0.2, 0) is 11.2 Å². The predicted molar refractivity (Wildman–Crippen MR) is 81.9 cm³/mol. The van der Waals surface area contributed by atoms with Gasteiger partial charge in [0.2, 0.25) is 5.91 Å². The van der Waals surface area contributed by atoms with E-state index in [-0.39, 0.29) is 17.6 Å². The van der Waals surface area contributed by atoms with E-state index < -0.39 is 0 Å². The fourth-order valence-electron chi connectivity index (χ4n) is 2.59. The van der Waals surface area contributed by atoms with Gasteiger partial charge >= 0.3 is 0 Å². The molecule has 0 radical (unpaired) electrons. The molecule has 2 N–H and O–H groups in total. The summed E-state index contributed by atoms with van der Waals surface area (Å²) >= 11 is 0. The van der Waals surface area contributed by atoms with Crippen molar-refractivity contribution in [3.63, 3.8) is 0 Å². The van der Waals surface area contributed by atoms with Gasteiger partial charge in [-0.3, -0.25) is 4.79 Å². The van der Waals surface area contributed by atoms with Gasteiger partial charge in [0.15, 0.2) is 0 Å². The van der Waals surface area contributed by atoms with Crippen LogP contribution in [0.2, 0.25) is 0 Å². The molecule has 3 nitrogen and oxygen atoms in total. The van der Waals surface area contributed by atoms with Crippen molar-refractivity contribution in [3.05, 3.63) is 59.4 Å². The largest absolute Gasteiger partial charge is 0.384 e. The minimum Gasteiger partial charge on any atom is -0.384 e. The van der Waals surface area contributed by atoms with Crippen LogP contribution in [0, 0.1) is 18.7 Å². The molecule has 2 aromatic rings. The molecule has 0 spiro atoms. The Kier molecular flexibility index (Phi) is 3.60. The summed E-state index contributed by atoms with van der Waals surface area (Å²) in [6.45, 7) is 2.45. The maximum atomic E-state index is 13.3. The lowest BCUT2D eigenvalue weighted by atomic mass is 9.93. The van der Waals surface area contributed by atoms with Gasteiger partial charge in [0, 0.05) is 17.9 Å². The topological polar surface area (TPSA) is 41.1 Å². The molecule has 0 saturated heterocycles. The quantitative estimate of drug-likeness (QED) is 0.888. The lowest BCUT2D eigenvalue weighted by Crippen LogP contribution is -2.33. The Morgan fingerprint density at radius 2 is 2.10 bits per heavy atom. The highest BCUT2D eigenvalue weighted by Gasteiger charge is 2.24. The summed E-state index contributed by atoms with van der Waals surface area (Å²) < 4.78 is 13.3. The third-order valence-electron chi connectivity index (χ3n) is 3.85. The Balaban J connectivity index is 1.74. The first-order chi connectivity index (χ1) is 10.1. The van der Waals surface area contributed by atoms with Gasteiger partial charge in [-0.1, -0.05) is 24.3 Å². The third-order valence-corrected chi connectivity index (χ3v) is 3.85. The SMILES string of the molecule is Cc1ccc(F)cc1NC(=O)C1CNc2ccccc2C1. The summed E-state index contributed by atoms with van der Waals surface area (Å²) in [6, 6.07) is 12.4. The maximum Gasteiger partial charge on any atom is 0.229 e. The van der Waals surface area contributed by atoms with E-state index in [0.717, 1.165) is 16.8 Å². The molecule has 0 saturated carbocycles. The van der Waals surface area contributed by atoms with Gasteiger partial charge in [-0.05, 0) is 42.7 Å². The second-order valence-corrected chi connectivity index (χ2v) is 5.39. The van der Waals surface area contributed by atoms with Crippen molar-refractivity contribution in [1.29, 1.82) is 0 Å². The molecule has 0 fully saturated rings. The standard InChI is InChI=1S/C17H17FN2O/c1-11-6-7-14(18)9-16(11)20-17(21)13-8-12-4-2-3-5-15(12)19-10-13/h2-7,9,13,19H,8,10H2,1H3,(H,20,21). The molecule has 1 aliphatic rings. The minimum atomic E-state index is -0.344. The molecule has 21 heavy (non-hydrogen) atoms. The number of halogens is 1. The number of hydrogen-bond acceptors (Lipinski definition) is 2. The summed E-state index contributed by atoms with van der Waals surface area (Å²) in [7, 11) is 0. The summed E-state index contributed by atoms with van der Waals surface area (Å²) in [6.07, 6.45) is 0.698. The Bertz CT molecular complexity index is 684. The summed E-state index contributed by atoms with van der Waals surface area (Å²) in [4.78, 5) is 12.4. The first-order valence-electron chi connectivity index (χ1n) is 7.02. The number of anilines is 2. The van der Waals surface area contributed by atoms with Gasteiger partial charge in [-0.25, -0.2) is 4.39 Å². The molecule has 3 rings (SSSR count). The molecular formula is C17H17FN2O. The van der Waals surface area contributed by atoms with Crippen molar-refractivity contribution < 1.29 is 9.18 Å². The highest BCUT2D eigenvalue weighted by molar-refractivity contribution is 5.94. The van der Waals surface area contributed by atoms with Gasteiger partial charge in [0.25, 0.3) is 0 Å². The van der Waals surface area contributed by atoms with E-state index >= 15 is 0 Å². The van der Waals surface area contributed by atoms with E-state index in [1.54, 1.807) is 6.07 Å². The lowest BCUT2D eigenvalue weighted by molar-refractivity contribution is -0.119. The number of fused-ring (bicyclic) bond motifs is 1. The molecule has 1 heterocycles. The highest BCUT2D eigenvalue weighted by atomic mass is 19.1. The van der Waals surface area contributed by atoms with Crippen LogP contribution < -0.4 is 10.6 Å². The van der Waals surface area contributed by atoms with Gasteiger partial charge < -0.3 is 10.6 Å². The Hall–Kier alpha value is -2.36. The molecule has 1 atom stereocenters. The molecule has 1 aliphatic heterocycles. The number of benzene rings is 2. The molecule has 0 aromatic heterocycles. The number of aryl methyl sites for hydroxylation is 1. The van der Waals surface area contributed by atoms with Crippen molar-refractivity contribution in [2.24, 2.45) is 5.92 Å². The van der Waals surface area contributed by atoms with Crippen molar-refractivity contribution in [2.45, 2.75) is 13.3 Å². The number of nitrogens with one attached hydrogen (secondary N) is 2. The zero-order valence-corrected chi connectivity index (χ0v) is 11.8. The molecule has 2 aromatic carbocycles. The van der Waals surface area contributed by atoms with Gasteiger partial charge in [0.1, 0.15) is 5.82 Å². The fourth-order valence-corrected chi connectivity index (χ4v) is 2.59. The van der Waals surface area contributed by atoms with E-state index in [9.17, 15) is 9.18 Å². The maximum absolute atomic E-state index is 13.3. The lowest BCUT2D eigenvalue weighted by Gasteiger charge is -2.25. The number of amides is 1. The van der Waals surface area contributed by atoms with Crippen LogP contribution in [0.25, 0.3) is 0 Å². The van der Waals surface area contributed by atoms with Crippen LogP contribution in [0.15, 0.2) is 42.5 Å². The molecular weight excluding hydrogens is 267 g/mol. The van der Waals surface area contributed by atoms with Crippen LogP contribution in [0.3, 0.4) is 0 Å². The molecule has 1 amide bonds. The minimum absolute atomic E-state index is 0.0781. The zero-order valence-electron chi connectivity index (χ0n) is 11.8. The Morgan fingerprint density at radius 1 is 1.29 bits per heavy atom. The fraction of sp³-hybridized carbons (Fsp3) is 0.235. The van der Waals surface area contributed by atoms with E-state index in [2.05, 4.69) is 10.6 Å². The predicted octanol–water partition coefficient (Wildman–Crippen LogP) is 3.36. The van der Waals surface area contributed by atoms with Crippen molar-refractivity contribution >= 4 is 17.3 Å². The molecule has 1 unspecified atom stereocenters. The van der Waals surface area contributed by atoms with Crippen LogP contribution >= 0.6 is 0 Å². The van der Waals surface area contributed by atoms with E-state index in [0.29, 0.717) is 18.7 Å². The summed E-state index contributed by atoms with van der Waals surface area (Å²) in [5.41, 5.74) is 3.62. The number of carbonyl (C=O) groups is 1. The third kappa shape index (κ3) is 2.89. The average molecular weight is 284 g/mol. The monoisotopic (exact) mass is 284 g/mol. The van der Waals surface area contributed by atoms with Crippen LogP contribution in [0.5, 0.6) is 0 Å². The average Bonchev–Trinajstić information content (AvgIpc) is 2.50. The van der Waals surface area contributed by atoms with Crippen molar-refractivity contribution in [2.75, 3.05) is 17.2 Å². The second kappa shape index (κ2) is 5.56. The van der Waals surface area contributed by atoms with Gasteiger partial charge in [-0.15, -0.1) is 0 Å². The zero-order chi connectivity index (χ0) is 14.8. The summed E-state index contributed by atoms with van der Waals surface area (Å²) in [5.74, 6) is -0.573. The van der Waals surface area contributed by atoms with E-state index in [1.165, 1.54) is 12.1 Å². The van der Waals surface area contributed by atoms with Crippen molar-refractivity contribution in [3.8, 4) is 0 Å². The molecule has 4 heteroatoms. The van der Waals surface area contributed by atoms with Crippen LogP contribution in [-0.4, -0.2) is 12.5 Å². The second-order valence-electron chi connectivity index (χ2n) is 5.39. The van der Waals surface area contributed by atoms with Gasteiger partial charge in [-0.2, -0.15) is 0 Å². The highest BCUT2D eigenvalue weighted by Crippen LogP contribution is 2.25. The Morgan fingerprint density at radius 3 is 2.95 bits per heavy atom. The number of carbonyl (C=O) groups excluding carboxylic acids is 1. The molecule has 0 bridgehead atoms. The first-order valence-corrected chi connectivity index (χ1v) is 7.02. The van der Waals surface area contributed by atoms with Crippen LogP contribution in [0.4, 0.5) is 15.8 Å². The molecule has 108 valence electrons. The first kappa shape index (κ1) is 13.6.